The van der Waals surface area contributed by atoms with E-state index in [1.807, 2.05) is 48.0 Å². The summed E-state index contributed by atoms with van der Waals surface area (Å²) < 4.78 is 2.68. The van der Waals surface area contributed by atoms with Crippen molar-refractivity contribution < 1.29 is 14.1 Å². The lowest BCUT2D eigenvalue weighted by atomic mass is 10.1. The van der Waals surface area contributed by atoms with Crippen LogP contribution in [0.15, 0.2) is 54.7 Å². The van der Waals surface area contributed by atoms with Gasteiger partial charge in [0.05, 0.1) is 56.5 Å². The highest BCUT2D eigenvalue weighted by Crippen LogP contribution is 2.26. The number of nitrogens with zero attached hydrogens (tertiary/aromatic N) is 4. The number of anilines is 3. The molecule has 0 unspecified atom stereocenters. The summed E-state index contributed by atoms with van der Waals surface area (Å²) in [6.07, 6.45) is 2.19. The zero-order chi connectivity index (χ0) is 28.9. The van der Waals surface area contributed by atoms with Crippen molar-refractivity contribution in [3.63, 3.8) is 0 Å². The zero-order valence-corrected chi connectivity index (χ0v) is 24.8. The SMILES string of the molecule is Cn1c(-c2cc(NC(=O)CC[N+](C)(C)C)c[nH]2)nc2cc(C(=O)Nc3ccc(N(CCCl)CCCl)cc3)ccc21. The summed E-state index contributed by atoms with van der Waals surface area (Å²) in [5, 5.41) is 5.90. The fourth-order valence-electron chi connectivity index (χ4n) is 4.37. The maximum absolute atomic E-state index is 13.0. The standard InChI is InChI=1S/C29H35Cl2N7O2/c1-36-26-10-5-20(29(40)34-21-6-8-23(9-7-21)37(14-12-30)15-13-31)17-24(26)35-28(36)25-18-22(19-32-25)33-27(39)11-16-38(2,3)4/h5-10,17-19H,11-16H2,1-4H3,(H2-,32,33,34,35,39,40)/p+1. The number of alkyl halides is 2. The van der Waals surface area contributed by atoms with Crippen LogP contribution >= 0.6 is 23.2 Å². The molecule has 212 valence electrons. The maximum Gasteiger partial charge on any atom is 0.255 e. The van der Waals surface area contributed by atoms with Crippen molar-refractivity contribution in [2.24, 2.45) is 7.05 Å². The summed E-state index contributed by atoms with van der Waals surface area (Å²) in [6.45, 7) is 2.14. The first-order valence-electron chi connectivity index (χ1n) is 13.1. The Labute approximate surface area is 244 Å². The molecule has 0 saturated carbocycles. The van der Waals surface area contributed by atoms with E-state index in [0.717, 1.165) is 27.9 Å². The van der Waals surface area contributed by atoms with Crippen molar-refractivity contribution in [3.05, 3.63) is 60.3 Å². The van der Waals surface area contributed by atoms with Gasteiger partial charge in [-0.05, 0) is 48.5 Å². The van der Waals surface area contributed by atoms with Gasteiger partial charge < -0.3 is 29.6 Å². The van der Waals surface area contributed by atoms with Crippen LogP contribution in [0.2, 0.25) is 0 Å². The summed E-state index contributed by atoms with van der Waals surface area (Å²) in [4.78, 5) is 35.4. The maximum atomic E-state index is 13.0. The molecule has 2 aromatic carbocycles. The minimum Gasteiger partial charge on any atom is -0.369 e. The second-order valence-electron chi connectivity index (χ2n) is 10.7. The van der Waals surface area contributed by atoms with Gasteiger partial charge in [-0.3, -0.25) is 9.59 Å². The van der Waals surface area contributed by atoms with E-state index >= 15 is 0 Å². The van der Waals surface area contributed by atoms with Gasteiger partial charge in [-0.25, -0.2) is 4.98 Å². The number of aromatic nitrogens is 3. The number of fused-ring (bicyclic) bond motifs is 1. The van der Waals surface area contributed by atoms with Gasteiger partial charge in [0.15, 0.2) is 5.82 Å². The highest BCUT2D eigenvalue weighted by molar-refractivity contribution is 6.18. The van der Waals surface area contributed by atoms with Crippen LogP contribution in [0.3, 0.4) is 0 Å². The Balaban J connectivity index is 1.45. The fourth-order valence-corrected chi connectivity index (χ4v) is 4.78. The third-order valence-corrected chi connectivity index (χ3v) is 6.90. The second-order valence-corrected chi connectivity index (χ2v) is 11.4. The molecular weight excluding hydrogens is 549 g/mol. The smallest absolute Gasteiger partial charge is 0.255 e. The molecule has 0 radical (unpaired) electrons. The lowest BCUT2D eigenvalue weighted by Crippen LogP contribution is -2.37. The molecule has 3 N–H and O–H groups in total. The highest BCUT2D eigenvalue weighted by atomic mass is 35.5. The van der Waals surface area contributed by atoms with Gasteiger partial charge in [-0.1, -0.05) is 0 Å². The van der Waals surface area contributed by atoms with Crippen molar-refractivity contribution in [2.75, 3.05) is 68.1 Å². The third-order valence-electron chi connectivity index (χ3n) is 6.56. The molecule has 0 saturated heterocycles. The number of amides is 2. The zero-order valence-electron chi connectivity index (χ0n) is 23.3. The molecule has 2 aromatic heterocycles. The van der Waals surface area contributed by atoms with Crippen molar-refractivity contribution in [2.45, 2.75) is 6.42 Å². The van der Waals surface area contributed by atoms with E-state index in [0.29, 0.717) is 59.5 Å². The lowest BCUT2D eigenvalue weighted by Gasteiger charge is -2.23. The number of quaternary nitrogens is 1. The number of halogens is 2. The molecule has 4 aromatic rings. The van der Waals surface area contributed by atoms with Crippen LogP contribution in [-0.2, 0) is 11.8 Å². The minimum atomic E-state index is -0.223. The van der Waals surface area contributed by atoms with E-state index in [4.69, 9.17) is 28.2 Å². The van der Waals surface area contributed by atoms with E-state index in [-0.39, 0.29) is 11.8 Å². The van der Waals surface area contributed by atoms with E-state index in [9.17, 15) is 9.59 Å². The number of imidazole rings is 1. The number of hydrogen-bond acceptors (Lipinski definition) is 4. The van der Waals surface area contributed by atoms with Crippen molar-refractivity contribution >= 4 is 63.1 Å². The van der Waals surface area contributed by atoms with Gasteiger partial charge in [0.2, 0.25) is 5.91 Å². The topological polar surface area (TPSA) is 95.0 Å². The average molecular weight is 586 g/mol. The molecule has 4 rings (SSSR count). The number of aryl methyl sites for hydroxylation is 1. The Hall–Kier alpha value is -3.53. The largest absolute Gasteiger partial charge is 0.369 e. The van der Waals surface area contributed by atoms with Crippen LogP contribution in [-0.4, -0.2) is 83.4 Å². The molecule has 0 atom stereocenters. The number of carbonyl (C=O) groups is 2. The molecule has 2 amide bonds. The number of hydrogen-bond donors (Lipinski definition) is 3. The van der Waals surface area contributed by atoms with Gasteiger partial charge in [-0.15, -0.1) is 23.2 Å². The molecule has 40 heavy (non-hydrogen) atoms. The Morgan fingerprint density at radius 3 is 2.33 bits per heavy atom. The monoisotopic (exact) mass is 584 g/mol. The molecule has 0 aliphatic heterocycles. The number of rotatable bonds is 12. The molecule has 9 nitrogen and oxygen atoms in total. The number of carbonyl (C=O) groups excluding carboxylic acids is 2. The molecule has 0 spiro atoms. The van der Waals surface area contributed by atoms with E-state index in [1.54, 1.807) is 18.3 Å². The first-order valence-corrected chi connectivity index (χ1v) is 14.2. The van der Waals surface area contributed by atoms with Crippen LogP contribution in [0.1, 0.15) is 16.8 Å². The summed E-state index contributed by atoms with van der Waals surface area (Å²) in [5.74, 6) is 1.46. The number of benzene rings is 2. The lowest BCUT2D eigenvalue weighted by molar-refractivity contribution is -0.869. The Bertz CT molecular complexity index is 1470. The van der Waals surface area contributed by atoms with Crippen molar-refractivity contribution in [1.29, 1.82) is 0 Å². The van der Waals surface area contributed by atoms with Gasteiger partial charge in [-0.2, -0.15) is 0 Å². The molecule has 0 bridgehead atoms. The van der Waals surface area contributed by atoms with Gasteiger partial charge in [0.1, 0.15) is 0 Å². The molecule has 0 aliphatic rings. The first kappa shape index (κ1) is 29.5. The highest BCUT2D eigenvalue weighted by Gasteiger charge is 2.16. The summed E-state index contributed by atoms with van der Waals surface area (Å²) >= 11 is 11.8. The van der Waals surface area contributed by atoms with E-state index in [1.165, 1.54) is 0 Å². The predicted molar refractivity (Wildman–Crippen MR) is 165 cm³/mol. The van der Waals surface area contributed by atoms with Crippen LogP contribution in [0.5, 0.6) is 0 Å². The molecule has 0 fully saturated rings. The Morgan fingerprint density at radius 1 is 0.975 bits per heavy atom. The number of aromatic amines is 1. The number of H-pyrrole nitrogens is 1. The predicted octanol–water partition coefficient (Wildman–Crippen LogP) is 5.14. The summed E-state index contributed by atoms with van der Waals surface area (Å²) in [6, 6.07) is 14.9. The first-order chi connectivity index (χ1) is 19.1. The van der Waals surface area contributed by atoms with Gasteiger partial charge in [0, 0.05) is 55.0 Å². The average Bonchev–Trinajstić information content (AvgIpc) is 3.51. The third kappa shape index (κ3) is 7.35. The molecule has 0 aliphatic carbocycles. The number of nitrogens with one attached hydrogen (secondary N) is 3. The Morgan fingerprint density at radius 2 is 1.68 bits per heavy atom. The molecule has 11 heteroatoms. The van der Waals surface area contributed by atoms with E-state index in [2.05, 4.69) is 41.7 Å². The molecule has 2 heterocycles. The molecular formula is C29H36Cl2N7O2+. The summed E-state index contributed by atoms with van der Waals surface area (Å²) in [7, 11) is 8.09. The fraction of sp³-hybridized carbons (Fsp3) is 0.345. The van der Waals surface area contributed by atoms with Gasteiger partial charge in [0.25, 0.3) is 5.91 Å². The quantitative estimate of drug-likeness (QED) is 0.159. The Kier molecular flexibility index (Phi) is 9.40. The van der Waals surface area contributed by atoms with Crippen LogP contribution in [0.25, 0.3) is 22.6 Å². The van der Waals surface area contributed by atoms with Crippen LogP contribution in [0, 0.1) is 0 Å². The van der Waals surface area contributed by atoms with Crippen LogP contribution in [0.4, 0.5) is 17.1 Å². The van der Waals surface area contributed by atoms with Gasteiger partial charge >= 0.3 is 0 Å². The van der Waals surface area contributed by atoms with E-state index < -0.39 is 0 Å². The minimum absolute atomic E-state index is 0.0308. The summed E-state index contributed by atoms with van der Waals surface area (Å²) in [5.41, 5.74) is 5.23. The normalized spacial score (nSPS) is 11.6. The van der Waals surface area contributed by atoms with Crippen molar-refractivity contribution in [1.82, 2.24) is 14.5 Å². The second kappa shape index (κ2) is 12.8. The van der Waals surface area contributed by atoms with Crippen LogP contribution < -0.4 is 15.5 Å². The van der Waals surface area contributed by atoms with Crippen molar-refractivity contribution in [3.8, 4) is 11.5 Å².